The molecule has 0 unspecified atom stereocenters. The fraction of sp³-hybridized carbons (Fsp3) is 0.381. The molecule has 1 fully saturated rings. The third kappa shape index (κ3) is 4.77. The number of nitrogens with zero attached hydrogens (tertiary/aromatic N) is 5. The second-order valence-electron chi connectivity index (χ2n) is 7.42. The molecule has 1 N–H and O–H groups in total. The number of halogens is 3. The Bertz CT molecular complexity index is 1080. The molecule has 0 aliphatic carbocycles. The number of benzene rings is 1. The highest BCUT2D eigenvalue weighted by Gasteiger charge is 2.38. The van der Waals surface area contributed by atoms with Gasteiger partial charge < -0.3 is 19.5 Å². The monoisotopic (exact) mass is 448 g/mol. The summed E-state index contributed by atoms with van der Waals surface area (Å²) in [6.07, 6.45) is -3.10. The van der Waals surface area contributed by atoms with E-state index in [4.69, 9.17) is 4.74 Å². The van der Waals surface area contributed by atoms with Gasteiger partial charge in [-0.1, -0.05) is 0 Å². The van der Waals surface area contributed by atoms with E-state index in [-0.39, 0.29) is 23.7 Å². The smallest absolute Gasteiger partial charge is 0.449 e. The maximum absolute atomic E-state index is 13.4. The van der Waals surface area contributed by atoms with Crippen LogP contribution in [-0.4, -0.2) is 70.2 Å². The first-order valence-corrected chi connectivity index (χ1v) is 10.2. The number of rotatable bonds is 5. The number of anilines is 1. The highest BCUT2D eigenvalue weighted by atomic mass is 19.4. The van der Waals surface area contributed by atoms with Gasteiger partial charge in [0.15, 0.2) is 5.65 Å². The SMILES string of the molecule is COc1ccc(NC(=O)N2CCN(CCn3c(C(F)(F)F)nc4cccnc43)CC2)cc1. The molecule has 3 heterocycles. The Balaban J connectivity index is 1.33. The summed E-state index contributed by atoms with van der Waals surface area (Å²) in [4.78, 5) is 24.0. The van der Waals surface area contributed by atoms with E-state index < -0.39 is 12.0 Å². The number of imidazole rings is 1. The molecule has 32 heavy (non-hydrogen) atoms. The molecule has 2 amide bonds. The second-order valence-corrected chi connectivity index (χ2v) is 7.42. The van der Waals surface area contributed by atoms with Gasteiger partial charge in [-0.25, -0.2) is 14.8 Å². The fourth-order valence-corrected chi connectivity index (χ4v) is 3.68. The lowest BCUT2D eigenvalue weighted by molar-refractivity contribution is -0.147. The molecule has 11 heteroatoms. The summed E-state index contributed by atoms with van der Waals surface area (Å²) in [5.74, 6) is -0.241. The fourth-order valence-electron chi connectivity index (χ4n) is 3.68. The van der Waals surface area contributed by atoms with Crippen LogP contribution in [0.4, 0.5) is 23.7 Å². The number of hydrogen-bond acceptors (Lipinski definition) is 5. The molecule has 0 spiro atoms. The number of nitrogens with one attached hydrogen (secondary N) is 1. The molecule has 1 aliphatic rings. The number of aromatic nitrogens is 3. The molecule has 0 atom stereocenters. The number of carbonyl (C=O) groups excluding carboxylic acids is 1. The lowest BCUT2D eigenvalue weighted by Gasteiger charge is -2.34. The van der Waals surface area contributed by atoms with Crippen LogP contribution in [0.15, 0.2) is 42.6 Å². The summed E-state index contributed by atoms with van der Waals surface area (Å²) in [6.45, 7) is 2.61. The molecule has 8 nitrogen and oxygen atoms in total. The highest BCUT2D eigenvalue weighted by Crippen LogP contribution is 2.30. The lowest BCUT2D eigenvalue weighted by Crippen LogP contribution is -2.50. The van der Waals surface area contributed by atoms with Crippen LogP contribution in [0.2, 0.25) is 0 Å². The van der Waals surface area contributed by atoms with Gasteiger partial charge in [0.1, 0.15) is 11.3 Å². The van der Waals surface area contributed by atoms with Crippen LogP contribution in [0.25, 0.3) is 11.2 Å². The normalized spacial score (nSPS) is 15.2. The predicted molar refractivity (Wildman–Crippen MR) is 113 cm³/mol. The van der Waals surface area contributed by atoms with Crippen LogP contribution in [-0.2, 0) is 12.7 Å². The van der Waals surface area contributed by atoms with Gasteiger partial charge >= 0.3 is 12.2 Å². The Kier molecular flexibility index (Phi) is 6.17. The Hall–Kier alpha value is -3.34. The molecular weight excluding hydrogens is 425 g/mol. The van der Waals surface area contributed by atoms with Crippen LogP contribution in [0.1, 0.15) is 5.82 Å². The van der Waals surface area contributed by atoms with Crippen molar-refractivity contribution < 1.29 is 22.7 Å². The second kappa shape index (κ2) is 9.03. The maximum atomic E-state index is 13.4. The van der Waals surface area contributed by atoms with E-state index in [1.54, 1.807) is 42.3 Å². The number of ether oxygens (including phenoxy) is 1. The van der Waals surface area contributed by atoms with Gasteiger partial charge in [-0.2, -0.15) is 13.2 Å². The van der Waals surface area contributed by atoms with Crippen molar-refractivity contribution in [1.29, 1.82) is 0 Å². The standard InChI is InChI=1S/C21H23F3N6O2/c1-32-16-6-4-15(5-7-16)26-20(31)29-12-9-28(10-13-29)11-14-30-18-17(3-2-8-25-18)27-19(30)21(22,23)24/h2-8H,9-14H2,1H3,(H,26,31). The number of hydrogen-bond donors (Lipinski definition) is 1. The zero-order valence-corrected chi connectivity index (χ0v) is 17.5. The minimum absolute atomic E-state index is 0.112. The quantitative estimate of drug-likeness (QED) is 0.648. The largest absolute Gasteiger partial charge is 0.497 e. The van der Waals surface area contributed by atoms with E-state index in [9.17, 15) is 18.0 Å². The summed E-state index contributed by atoms with van der Waals surface area (Å²) in [7, 11) is 1.57. The molecule has 2 aromatic heterocycles. The van der Waals surface area contributed by atoms with Gasteiger partial charge in [-0.05, 0) is 36.4 Å². The van der Waals surface area contributed by atoms with E-state index in [2.05, 4.69) is 15.3 Å². The summed E-state index contributed by atoms with van der Waals surface area (Å²) < 4.78 is 46.5. The number of piperazine rings is 1. The van der Waals surface area contributed by atoms with Gasteiger partial charge in [0, 0.05) is 51.2 Å². The Morgan fingerprint density at radius 2 is 1.81 bits per heavy atom. The van der Waals surface area contributed by atoms with Crippen molar-refractivity contribution in [2.24, 2.45) is 0 Å². The summed E-state index contributed by atoms with van der Waals surface area (Å²) >= 11 is 0. The number of methoxy groups -OCH3 is 1. The molecule has 1 aromatic carbocycles. The van der Waals surface area contributed by atoms with Gasteiger partial charge in [-0.15, -0.1) is 0 Å². The molecule has 3 aromatic rings. The number of amides is 2. The van der Waals surface area contributed by atoms with Gasteiger partial charge in [-0.3, -0.25) is 4.90 Å². The van der Waals surface area contributed by atoms with Crippen molar-refractivity contribution in [2.75, 3.05) is 45.2 Å². The van der Waals surface area contributed by atoms with Gasteiger partial charge in [0.05, 0.1) is 7.11 Å². The summed E-state index contributed by atoms with van der Waals surface area (Å²) in [5, 5.41) is 2.84. The number of alkyl halides is 3. The van der Waals surface area contributed by atoms with Crippen molar-refractivity contribution in [3.8, 4) is 5.75 Å². The van der Waals surface area contributed by atoms with Crippen molar-refractivity contribution in [1.82, 2.24) is 24.3 Å². The van der Waals surface area contributed by atoms with Gasteiger partial charge in [0.2, 0.25) is 5.82 Å². The van der Waals surface area contributed by atoms with Crippen LogP contribution in [0, 0.1) is 0 Å². The van der Waals surface area contributed by atoms with E-state index in [1.807, 2.05) is 4.90 Å². The van der Waals surface area contributed by atoms with E-state index >= 15 is 0 Å². The average Bonchev–Trinajstić information content (AvgIpc) is 3.18. The van der Waals surface area contributed by atoms with Crippen molar-refractivity contribution in [3.05, 3.63) is 48.4 Å². The molecule has 1 aliphatic heterocycles. The summed E-state index contributed by atoms with van der Waals surface area (Å²) in [5.41, 5.74) is 1.11. The van der Waals surface area contributed by atoms with Crippen molar-refractivity contribution in [3.63, 3.8) is 0 Å². The minimum Gasteiger partial charge on any atom is -0.497 e. The lowest BCUT2D eigenvalue weighted by atomic mass is 10.3. The number of carbonyl (C=O) groups is 1. The molecule has 0 bridgehead atoms. The Morgan fingerprint density at radius 1 is 1.09 bits per heavy atom. The number of fused-ring (bicyclic) bond motifs is 1. The van der Waals surface area contributed by atoms with Crippen LogP contribution in [0.3, 0.4) is 0 Å². The highest BCUT2D eigenvalue weighted by molar-refractivity contribution is 5.89. The number of pyridine rings is 1. The summed E-state index contributed by atoms with van der Waals surface area (Å²) in [6, 6.07) is 9.92. The van der Waals surface area contributed by atoms with E-state index in [0.717, 1.165) is 4.57 Å². The van der Waals surface area contributed by atoms with Crippen LogP contribution in [0.5, 0.6) is 5.75 Å². The first kappa shape index (κ1) is 21.9. The first-order chi connectivity index (χ1) is 15.3. The average molecular weight is 448 g/mol. The zero-order chi connectivity index (χ0) is 22.7. The zero-order valence-electron chi connectivity index (χ0n) is 17.5. The third-order valence-electron chi connectivity index (χ3n) is 5.40. The topological polar surface area (TPSA) is 75.5 Å². The molecular formula is C21H23F3N6O2. The minimum atomic E-state index is -4.56. The molecule has 4 rings (SSSR count). The van der Waals surface area contributed by atoms with E-state index in [0.29, 0.717) is 44.2 Å². The Labute approximate surface area is 182 Å². The molecule has 0 saturated carbocycles. The Morgan fingerprint density at radius 3 is 2.47 bits per heavy atom. The number of urea groups is 1. The van der Waals surface area contributed by atoms with Gasteiger partial charge in [0.25, 0.3) is 0 Å². The predicted octanol–water partition coefficient (Wildman–Crippen LogP) is 3.31. The first-order valence-electron chi connectivity index (χ1n) is 10.2. The van der Waals surface area contributed by atoms with Crippen molar-refractivity contribution in [2.45, 2.75) is 12.7 Å². The molecule has 170 valence electrons. The molecule has 0 radical (unpaired) electrons. The van der Waals surface area contributed by atoms with Crippen LogP contribution >= 0.6 is 0 Å². The van der Waals surface area contributed by atoms with Crippen LogP contribution < -0.4 is 10.1 Å². The van der Waals surface area contributed by atoms with Crippen molar-refractivity contribution >= 4 is 22.9 Å². The van der Waals surface area contributed by atoms with E-state index in [1.165, 1.54) is 12.3 Å². The maximum Gasteiger partial charge on any atom is 0.449 e. The molecule has 1 saturated heterocycles. The third-order valence-corrected chi connectivity index (χ3v) is 5.40.